The number of imidazole rings is 1. The van der Waals surface area contributed by atoms with E-state index in [9.17, 15) is 8.42 Å². The highest BCUT2D eigenvalue weighted by molar-refractivity contribution is 7.89. The summed E-state index contributed by atoms with van der Waals surface area (Å²) in [6.45, 7) is 6.41. The van der Waals surface area contributed by atoms with Crippen LogP contribution in [0.4, 0.5) is 5.82 Å². The van der Waals surface area contributed by atoms with Gasteiger partial charge < -0.3 is 5.73 Å². The third-order valence-electron chi connectivity index (χ3n) is 3.20. The van der Waals surface area contributed by atoms with Crippen LogP contribution in [0, 0.1) is 5.41 Å². The topological polar surface area (TPSA) is 89.5 Å². The summed E-state index contributed by atoms with van der Waals surface area (Å²) in [5.41, 5.74) is 5.61. The Bertz CT molecular complexity index is 685. The lowest BCUT2D eigenvalue weighted by molar-refractivity contribution is 0.350. The monoisotopic (exact) mass is 302 g/mol. The number of nitrogens with zero attached hydrogens (tertiary/aromatic N) is 2. The fourth-order valence-electron chi connectivity index (χ4n) is 1.53. The molecule has 0 aromatic carbocycles. The number of fused-ring (bicyclic) bond motifs is 1. The van der Waals surface area contributed by atoms with Crippen molar-refractivity contribution in [1.82, 2.24) is 14.1 Å². The molecule has 0 spiro atoms. The average Bonchev–Trinajstić information content (AvgIpc) is 2.86. The molecule has 0 atom stereocenters. The van der Waals surface area contributed by atoms with Gasteiger partial charge in [0.15, 0.2) is 15.8 Å². The molecule has 19 heavy (non-hydrogen) atoms. The van der Waals surface area contributed by atoms with Crippen LogP contribution in [0.3, 0.4) is 0 Å². The van der Waals surface area contributed by atoms with Gasteiger partial charge in [-0.15, -0.1) is 11.3 Å². The lowest BCUT2D eigenvalue weighted by Crippen LogP contribution is -2.34. The molecule has 0 aliphatic rings. The van der Waals surface area contributed by atoms with E-state index in [0.29, 0.717) is 11.5 Å². The number of hydrogen-bond acceptors (Lipinski definition) is 5. The Morgan fingerprint density at radius 3 is 2.84 bits per heavy atom. The lowest BCUT2D eigenvalue weighted by Gasteiger charge is -2.22. The molecule has 0 aliphatic carbocycles. The predicted molar refractivity (Wildman–Crippen MR) is 76.7 cm³/mol. The zero-order valence-electron chi connectivity index (χ0n) is 11.2. The van der Waals surface area contributed by atoms with E-state index in [2.05, 4.69) is 9.71 Å². The Kier molecular flexibility index (Phi) is 3.59. The van der Waals surface area contributed by atoms with Gasteiger partial charge >= 0.3 is 0 Å². The molecule has 6 nitrogen and oxygen atoms in total. The van der Waals surface area contributed by atoms with Crippen LogP contribution in [-0.2, 0) is 10.0 Å². The first-order valence-corrected chi connectivity index (χ1v) is 8.34. The summed E-state index contributed by atoms with van der Waals surface area (Å²) in [6, 6.07) is 0. The third kappa shape index (κ3) is 2.75. The predicted octanol–water partition coefficient (Wildman–Crippen LogP) is 1.69. The summed E-state index contributed by atoms with van der Waals surface area (Å²) >= 11 is 1.35. The van der Waals surface area contributed by atoms with Crippen molar-refractivity contribution in [3.8, 4) is 0 Å². The van der Waals surface area contributed by atoms with Gasteiger partial charge in [0.05, 0.1) is 0 Å². The van der Waals surface area contributed by atoms with Crippen LogP contribution in [0.25, 0.3) is 4.96 Å². The molecule has 0 aliphatic heterocycles. The van der Waals surface area contributed by atoms with Crippen LogP contribution in [0.15, 0.2) is 16.6 Å². The number of rotatable bonds is 5. The molecule has 8 heteroatoms. The van der Waals surface area contributed by atoms with Crippen LogP contribution in [0.1, 0.15) is 27.2 Å². The zero-order valence-corrected chi connectivity index (χ0v) is 12.8. The number of anilines is 1. The molecule has 2 rings (SSSR count). The summed E-state index contributed by atoms with van der Waals surface area (Å²) in [4.78, 5) is 4.62. The lowest BCUT2D eigenvalue weighted by atomic mass is 9.91. The number of nitrogens with one attached hydrogen (secondary N) is 1. The minimum Gasteiger partial charge on any atom is -0.381 e. The van der Waals surface area contributed by atoms with Gasteiger partial charge in [0.25, 0.3) is 10.0 Å². The maximum atomic E-state index is 12.3. The van der Waals surface area contributed by atoms with Gasteiger partial charge in [-0.05, 0) is 11.8 Å². The van der Waals surface area contributed by atoms with E-state index in [-0.39, 0.29) is 16.3 Å². The maximum absolute atomic E-state index is 12.3. The minimum absolute atomic E-state index is 0.0238. The van der Waals surface area contributed by atoms with Crippen LogP contribution in [-0.4, -0.2) is 24.3 Å². The van der Waals surface area contributed by atoms with Crippen molar-refractivity contribution < 1.29 is 8.42 Å². The maximum Gasteiger partial charge on any atom is 0.260 e. The van der Waals surface area contributed by atoms with Crippen LogP contribution < -0.4 is 10.5 Å². The van der Waals surface area contributed by atoms with Crippen LogP contribution in [0.2, 0.25) is 0 Å². The Hall–Kier alpha value is -1.12. The molecule has 0 saturated carbocycles. The van der Waals surface area contributed by atoms with Crippen molar-refractivity contribution in [3.05, 3.63) is 11.6 Å². The molecule has 0 radical (unpaired) electrons. The second kappa shape index (κ2) is 4.77. The normalized spacial score (nSPS) is 13.2. The van der Waals surface area contributed by atoms with E-state index in [0.717, 1.165) is 6.42 Å². The quantitative estimate of drug-likeness (QED) is 0.879. The van der Waals surface area contributed by atoms with Gasteiger partial charge in [-0.1, -0.05) is 20.8 Å². The fourth-order valence-corrected chi connectivity index (χ4v) is 3.76. The van der Waals surface area contributed by atoms with Gasteiger partial charge in [0.1, 0.15) is 0 Å². The molecule has 2 heterocycles. The highest BCUT2D eigenvalue weighted by Gasteiger charge is 2.26. The Balaban J connectivity index is 2.34. The van der Waals surface area contributed by atoms with Crippen molar-refractivity contribution in [3.63, 3.8) is 0 Å². The summed E-state index contributed by atoms with van der Waals surface area (Å²) < 4.78 is 28.8. The molecule has 0 saturated heterocycles. The Labute approximate surface area is 116 Å². The number of nitrogens with two attached hydrogens (primary N) is 1. The first-order valence-electron chi connectivity index (χ1n) is 5.97. The molecule has 2 aromatic rings. The second-order valence-corrected chi connectivity index (χ2v) is 7.76. The van der Waals surface area contributed by atoms with Gasteiger partial charge in [-0.3, -0.25) is 4.40 Å². The van der Waals surface area contributed by atoms with Crippen molar-refractivity contribution >= 4 is 32.1 Å². The van der Waals surface area contributed by atoms with Crippen LogP contribution in [0.5, 0.6) is 0 Å². The average molecular weight is 302 g/mol. The molecular weight excluding hydrogens is 284 g/mol. The molecular formula is C11H18N4O2S2. The summed E-state index contributed by atoms with van der Waals surface area (Å²) in [6.07, 6.45) is 2.54. The van der Waals surface area contributed by atoms with E-state index in [1.807, 2.05) is 20.8 Å². The largest absolute Gasteiger partial charge is 0.381 e. The highest BCUT2D eigenvalue weighted by Crippen LogP contribution is 2.24. The number of thiazole rings is 1. The Morgan fingerprint density at radius 2 is 2.21 bits per heavy atom. The van der Waals surface area contributed by atoms with Crippen molar-refractivity contribution in [1.29, 1.82) is 0 Å². The van der Waals surface area contributed by atoms with Gasteiger partial charge in [0.2, 0.25) is 0 Å². The third-order valence-corrected chi connectivity index (χ3v) is 5.39. The standard InChI is InChI=1S/C11H18N4O2S2/c1-4-11(2,3)7-13-19(16,17)9-8(12)14-10-15(9)5-6-18-10/h5-6,13H,4,7,12H2,1-3H3. The van der Waals surface area contributed by atoms with Crippen molar-refractivity contribution in [2.75, 3.05) is 12.3 Å². The van der Waals surface area contributed by atoms with E-state index in [1.54, 1.807) is 11.6 Å². The summed E-state index contributed by atoms with van der Waals surface area (Å²) in [5.74, 6) is 0.0358. The summed E-state index contributed by atoms with van der Waals surface area (Å²) in [7, 11) is -3.66. The van der Waals surface area contributed by atoms with Crippen molar-refractivity contribution in [2.45, 2.75) is 32.2 Å². The molecule has 0 bridgehead atoms. The fraction of sp³-hybridized carbons (Fsp3) is 0.545. The molecule has 0 amide bonds. The SMILES string of the molecule is CCC(C)(C)CNS(=O)(=O)c1c(N)nc2sccn12. The molecule has 2 aromatic heterocycles. The van der Waals surface area contributed by atoms with E-state index in [1.165, 1.54) is 15.7 Å². The Morgan fingerprint density at radius 1 is 1.53 bits per heavy atom. The summed E-state index contributed by atoms with van der Waals surface area (Å²) in [5, 5.41) is 1.80. The molecule has 0 unspecified atom stereocenters. The number of hydrogen-bond donors (Lipinski definition) is 2. The van der Waals surface area contributed by atoms with E-state index >= 15 is 0 Å². The smallest absolute Gasteiger partial charge is 0.260 e. The zero-order chi connectivity index (χ0) is 14.3. The molecule has 3 N–H and O–H groups in total. The van der Waals surface area contributed by atoms with E-state index < -0.39 is 10.0 Å². The van der Waals surface area contributed by atoms with Gasteiger partial charge in [-0.25, -0.2) is 18.1 Å². The number of aromatic nitrogens is 2. The van der Waals surface area contributed by atoms with Crippen molar-refractivity contribution in [2.24, 2.45) is 5.41 Å². The number of nitrogen functional groups attached to an aromatic ring is 1. The molecule has 0 fully saturated rings. The van der Waals surface area contributed by atoms with Gasteiger partial charge in [-0.2, -0.15) is 0 Å². The molecule has 106 valence electrons. The first kappa shape index (κ1) is 14.3. The minimum atomic E-state index is -3.66. The van der Waals surface area contributed by atoms with Gasteiger partial charge in [0, 0.05) is 18.1 Å². The van der Waals surface area contributed by atoms with Crippen LogP contribution >= 0.6 is 11.3 Å². The second-order valence-electron chi connectivity index (χ2n) is 5.20. The van der Waals surface area contributed by atoms with E-state index in [4.69, 9.17) is 5.73 Å². The highest BCUT2D eigenvalue weighted by atomic mass is 32.2. The first-order chi connectivity index (χ1) is 8.77. The number of sulfonamides is 1.